The van der Waals surface area contributed by atoms with Crippen LogP contribution in [0.4, 0.5) is 4.79 Å². The predicted octanol–water partition coefficient (Wildman–Crippen LogP) is 7.03. The number of carbonyl (C=O) groups excluding carboxylic acids is 2. The fourth-order valence-corrected chi connectivity index (χ4v) is 3.29. The zero-order valence-electron chi connectivity index (χ0n) is 20.5. The van der Waals surface area contributed by atoms with Gasteiger partial charge in [-0.15, -0.1) is 0 Å². The first-order chi connectivity index (χ1) is 14.4. The number of rotatable bonds is 19. The number of hydrogen-bond acceptors (Lipinski definition) is 4. The van der Waals surface area contributed by atoms with E-state index < -0.39 is 12.1 Å². The molecule has 0 bridgehead atoms. The summed E-state index contributed by atoms with van der Waals surface area (Å²) in [6, 6.07) is -0.646. The summed E-state index contributed by atoms with van der Waals surface area (Å²) in [6.07, 6.45) is 15.5. The minimum Gasteiger partial charge on any atom is -0.464 e. The molecule has 1 unspecified atom stereocenters. The first-order valence-electron chi connectivity index (χ1n) is 12.5. The van der Waals surface area contributed by atoms with Crippen molar-refractivity contribution in [2.75, 3.05) is 13.2 Å². The second-order valence-electron chi connectivity index (χ2n) is 9.06. The van der Waals surface area contributed by atoms with E-state index in [4.69, 9.17) is 9.47 Å². The molecule has 0 aromatic carbocycles. The average molecular weight is 428 g/mol. The highest BCUT2D eigenvalue weighted by molar-refractivity contribution is 5.81. The number of unbranched alkanes of at least 4 members (excludes halogenated alkanes) is 11. The van der Waals surface area contributed by atoms with Crippen LogP contribution in [-0.4, -0.2) is 31.3 Å². The number of ether oxygens (including phenoxy) is 2. The molecule has 0 rings (SSSR count). The van der Waals surface area contributed by atoms with E-state index in [0.717, 1.165) is 19.3 Å². The summed E-state index contributed by atoms with van der Waals surface area (Å²) >= 11 is 0. The van der Waals surface area contributed by atoms with Gasteiger partial charge in [0.25, 0.3) is 0 Å². The molecule has 5 heteroatoms. The molecule has 5 nitrogen and oxygen atoms in total. The number of alkyl carbamates (subject to hydrolysis) is 1. The van der Waals surface area contributed by atoms with Crippen LogP contribution < -0.4 is 5.32 Å². The highest BCUT2D eigenvalue weighted by Gasteiger charge is 2.27. The number of carbonyl (C=O) groups is 2. The second kappa shape index (κ2) is 19.7. The Morgan fingerprint density at radius 1 is 0.733 bits per heavy atom. The van der Waals surface area contributed by atoms with Gasteiger partial charge in [-0.3, -0.25) is 0 Å². The summed E-state index contributed by atoms with van der Waals surface area (Å²) in [5, 5.41) is 2.68. The summed E-state index contributed by atoms with van der Waals surface area (Å²) in [4.78, 5) is 24.4. The van der Waals surface area contributed by atoms with Gasteiger partial charge >= 0.3 is 12.1 Å². The van der Waals surface area contributed by atoms with E-state index >= 15 is 0 Å². The van der Waals surface area contributed by atoms with Crippen LogP contribution in [-0.2, 0) is 14.3 Å². The van der Waals surface area contributed by atoms with Crippen LogP contribution in [0.2, 0.25) is 0 Å². The van der Waals surface area contributed by atoms with Crippen LogP contribution in [0.5, 0.6) is 0 Å². The zero-order chi connectivity index (χ0) is 22.6. The molecule has 1 amide bonds. The van der Waals surface area contributed by atoms with E-state index in [9.17, 15) is 9.59 Å². The van der Waals surface area contributed by atoms with E-state index in [2.05, 4.69) is 12.2 Å². The largest absolute Gasteiger partial charge is 0.464 e. The van der Waals surface area contributed by atoms with Crippen molar-refractivity contribution < 1.29 is 19.1 Å². The first kappa shape index (κ1) is 28.7. The Labute approximate surface area is 186 Å². The summed E-state index contributed by atoms with van der Waals surface area (Å²) in [5.74, 6) is -0.0875. The van der Waals surface area contributed by atoms with Gasteiger partial charge in [-0.05, 0) is 18.3 Å². The molecule has 0 aliphatic heterocycles. The van der Waals surface area contributed by atoms with Crippen molar-refractivity contribution in [1.82, 2.24) is 5.32 Å². The average Bonchev–Trinajstić information content (AvgIpc) is 2.73. The molecule has 2 atom stereocenters. The Bertz CT molecular complexity index is 425. The molecule has 1 N–H and O–H groups in total. The van der Waals surface area contributed by atoms with Crippen molar-refractivity contribution in [3.63, 3.8) is 0 Å². The summed E-state index contributed by atoms with van der Waals surface area (Å²) in [5.41, 5.74) is 0. The van der Waals surface area contributed by atoms with Crippen molar-refractivity contribution in [1.29, 1.82) is 0 Å². The Morgan fingerprint density at radius 3 is 1.70 bits per heavy atom. The molecule has 0 saturated heterocycles. The SMILES string of the molecule is CCCCCCCCCCCCCCOC(=O)[C@@H](NC(=O)OCC(C)C)C(C)CC. The fourth-order valence-electron chi connectivity index (χ4n) is 3.29. The molecular weight excluding hydrogens is 378 g/mol. The minimum atomic E-state index is -0.646. The molecule has 0 aromatic heterocycles. The highest BCUT2D eigenvalue weighted by Crippen LogP contribution is 2.13. The first-order valence-corrected chi connectivity index (χ1v) is 12.5. The third-order valence-corrected chi connectivity index (χ3v) is 5.53. The molecule has 0 saturated carbocycles. The lowest BCUT2D eigenvalue weighted by molar-refractivity contribution is -0.147. The molecule has 0 aliphatic rings. The van der Waals surface area contributed by atoms with Crippen molar-refractivity contribution in [2.24, 2.45) is 11.8 Å². The zero-order valence-corrected chi connectivity index (χ0v) is 20.5. The van der Waals surface area contributed by atoms with Gasteiger partial charge < -0.3 is 14.8 Å². The van der Waals surface area contributed by atoms with E-state index in [0.29, 0.717) is 13.2 Å². The van der Waals surface area contributed by atoms with Gasteiger partial charge in [0.1, 0.15) is 6.04 Å². The van der Waals surface area contributed by atoms with Crippen LogP contribution in [0.1, 0.15) is 118 Å². The van der Waals surface area contributed by atoms with Gasteiger partial charge in [-0.1, -0.05) is 112 Å². The normalized spacial score (nSPS) is 13.1. The molecule has 0 fully saturated rings. The van der Waals surface area contributed by atoms with Crippen molar-refractivity contribution >= 4 is 12.1 Å². The Morgan fingerprint density at radius 2 is 1.23 bits per heavy atom. The second-order valence-corrected chi connectivity index (χ2v) is 9.06. The smallest absolute Gasteiger partial charge is 0.407 e. The van der Waals surface area contributed by atoms with Crippen LogP contribution in [0.15, 0.2) is 0 Å². The van der Waals surface area contributed by atoms with Gasteiger partial charge in [0.2, 0.25) is 0 Å². The summed E-state index contributed by atoms with van der Waals surface area (Å²) in [7, 11) is 0. The fraction of sp³-hybridized carbons (Fsp3) is 0.920. The molecule has 0 heterocycles. The third-order valence-electron chi connectivity index (χ3n) is 5.53. The van der Waals surface area contributed by atoms with Crippen molar-refractivity contribution in [3.05, 3.63) is 0 Å². The molecular formula is C25H49NO4. The molecule has 30 heavy (non-hydrogen) atoms. The molecule has 178 valence electrons. The molecule has 0 radical (unpaired) electrons. The lowest BCUT2D eigenvalue weighted by Gasteiger charge is -2.22. The third kappa shape index (κ3) is 16.5. The predicted molar refractivity (Wildman–Crippen MR) is 125 cm³/mol. The highest BCUT2D eigenvalue weighted by atomic mass is 16.6. The number of esters is 1. The molecule has 0 aromatic rings. The van der Waals surface area contributed by atoms with Gasteiger partial charge in [-0.25, -0.2) is 9.59 Å². The van der Waals surface area contributed by atoms with Gasteiger partial charge in [0.05, 0.1) is 13.2 Å². The topological polar surface area (TPSA) is 64.6 Å². The Hall–Kier alpha value is -1.26. The monoisotopic (exact) mass is 427 g/mol. The Kier molecular flexibility index (Phi) is 18.9. The number of hydrogen-bond donors (Lipinski definition) is 1. The number of nitrogens with one attached hydrogen (secondary N) is 1. The van der Waals surface area contributed by atoms with Crippen molar-refractivity contribution in [3.8, 4) is 0 Å². The van der Waals surface area contributed by atoms with Gasteiger partial charge in [-0.2, -0.15) is 0 Å². The lowest BCUT2D eigenvalue weighted by atomic mass is 9.99. The standard InChI is InChI=1S/C25H49NO4/c1-6-8-9-10-11-12-13-14-15-16-17-18-19-29-24(27)23(22(5)7-2)26-25(28)30-20-21(3)4/h21-23H,6-20H2,1-5H3,(H,26,28)/t22?,23-/m0/s1. The number of amides is 1. The van der Waals surface area contributed by atoms with Gasteiger partial charge in [0.15, 0.2) is 0 Å². The summed E-state index contributed by atoms with van der Waals surface area (Å²) < 4.78 is 10.6. The minimum absolute atomic E-state index is 0.00562. The quantitative estimate of drug-likeness (QED) is 0.177. The van der Waals surface area contributed by atoms with E-state index in [1.54, 1.807) is 0 Å². The molecule has 0 aliphatic carbocycles. The van der Waals surface area contributed by atoms with Crippen LogP contribution >= 0.6 is 0 Å². The van der Waals surface area contributed by atoms with Crippen LogP contribution in [0.3, 0.4) is 0 Å². The maximum absolute atomic E-state index is 12.4. The van der Waals surface area contributed by atoms with Gasteiger partial charge in [0, 0.05) is 0 Å². The maximum atomic E-state index is 12.4. The van der Waals surface area contributed by atoms with E-state index in [1.165, 1.54) is 64.2 Å². The van der Waals surface area contributed by atoms with Crippen LogP contribution in [0, 0.1) is 11.8 Å². The van der Waals surface area contributed by atoms with Crippen LogP contribution in [0.25, 0.3) is 0 Å². The maximum Gasteiger partial charge on any atom is 0.407 e. The lowest BCUT2D eigenvalue weighted by Crippen LogP contribution is -2.46. The van der Waals surface area contributed by atoms with Crippen molar-refractivity contribution in [2.45, 2.75) is 124 Å². The van der Waals surface area contributed by atoms with E-state index in [-0.39, 0.29) is 17.8 Å². The molecule has 0 spiro atoms. The summed E-state index contributed by atoms with van der Waals surface area (Å²) in [6.45, 7) is 10.9. The van der Waals surface area contributed by atoms with E-state index in [1.807, 2.05) is 27.7 Å². The Balaban J connectivity index is 3.84.